The molecule has 0 aliphatic heterocycles. The van der Waals surface area contributed by atoms with E-state index in [1.54, 1.807) is 24.3 Å². The molecule has 1 amide bonds. The second-order valence-corrected chi connectivity index (χ2v) is 5.55. The number of rotatable bonds is 8. The monoisotopic (exact) mass is 319 g/mol. The molecule has 0 radical (unpaired) electrons. The molecule has 1 aromatic heterocycles. The molecule has 0 saturated carbocycles. The number of furan rings is 1. The largest absolute Gasteiger partial charge is 0.451 e. The minimum atomic E-state index is -0.316. The number of carbonyl (C=O) groups is 1. The molecule has 0 spiro atoms. The first-order valence-corrected chi connectivity index (χ1v) is 7.89. The zero-order chi connectivity index (χ0) is 16.7. The van der Waals surface area contributed by atoms with Gasteiger partial charge >= 0.3 is 0 Å². The third kappa shape index (κ3) is 4.93. The van der Waals surface area contributed by atoms with Gasteiger partial charge in [-0.3, -0.25) is 4.79 Å². The van der Waals surface area contributed by atoms with Gasteiger partial charge in [0.2, 0.25) is 0 Å². The minimum Gasteiger partial charge on any atom is -0.451 e. The van der Waals surface area contributed by atoms with Gasteiger partial charge in [0.25, 0.3) is 5.91 Å². The lowest BCUT2D eigenvalue weighted by Gasteiger charge is -2.14. The van der Waals surface area contributed by atoms with Crippen molar-refractivity contribution in [2.45, 2.75) is 26.2 Å². The highest BCUT2D eigenvalue weighted by molar-refractivity contribution is 5.92. The normalized spacial score (nSPS) is 12.1. The average Bonchev–Trinajstić information content (AvgIpc) is 3.03. The van der Waals surface area contributed by atoms with E-state index < -0.39 is 0 Å². The van der Waals surface area contributed by atoms with E-state index in [1.807, 2.05) is 0 Å². The molecule has 0 aliphatic carbocycles. The molecule has 2 N–H and O–H groups in total. The van der Waals surface area contributed by atoms with Gasteiger partial charge in [0.15, 0.2) is 5.76 Å². The maximum Gasteiger partial charge on any atom is 0.287 e. The first-order chi connectivity index (χ1) is 11.1. The van der Waals surface area contributed by atoms with Crippen molar-refractivity contribution in [2.75, 3.05) is 13.2 Å². The number of nitrogens with one attached hydrogen (secondary N) is 1. The van der Waals surface area contributed by atoms with Gasteiger partial charge in [-0.25, -0.2) is 4.39 Å². The third-order valence-corrected chi connectivity index (χ3v) is 3.74. The molecule has 0 saturated heterocycles. The lowest BCUT2D eigenvalue weighted by Crippen LogP contribution is -2.29. The molecule has 5 heteroatoms. The van der Waals surface area contributed by atoms with Crippen LogP contribution in [0.5, 0.6) is 0 Å². The van der Waals surface area contributed by atoms with Gasteiger partial charge in [0.05, 0.1) is 0 Å². The van der Waals surface area contributed by atoms with Crippen LogP contribution in [0.1, 0.15) is 36.7 Å². The van der Waals surface area contributed by atoms with E-state index in [-0.39, 0.29) is 30.0 Å². The summed E-state index contributed by atoms with van der Waals surface area (Å²) in [4.78, 5) is 12.1. The van der Waals surface area contributed by atoms with Crippen LogP contribution in [0.25, 0.3) is 11.3 Å². The second kappa shape index (κ2) is 8.48. The van der Waals surface area contributed by atoms with Gasteiger partial charge in [-0.2, -0.15) is 0 Å². The molecule has 0 aliphatic rings. The van der Waals surface area contributed by atoms with E-state index >= 15 is 0 Å². The van der Waals surface area contributed by atoms with Crippen molar-refractivity contribution < 1.29 is 18.7 Å². The van der Waals surface area contributed by atoms with Crippen LogP contribution in [-0.2, 0) is 0 Å². The fourth-order valence-corrected chi connectivity index (χ4v) is 2.49. The summed E-state index contributed by atoms with van der Waals surface area (Å²) in [5.74, 6) is 0.418. The Morgan fingerprint density at radius 1 is 1.22 bits per heavy atom. The van der Waals surface area contributed by atoms with Crippen LogP contribution in [-0.4, -0.2) is 24.2 Å². The summed E-state index contributed by atoms with van der Waals surface area (Å²) in [6.45, 7) is 2.71. The second-order valence-electron chi connectivity index (χ2n) is 5.55. The third-order valence-electron chi connectivity index (χ3n) is 3.74. The lowest BCUT2D eigenvalue weighted by atomic mass is 10.0. The number of aliphatic hydroxyl groups excluding tert-OH is 1. The van der Waals surface area contributed by atoms with Gasteiger partial charge in [-0.05, 0) is 55.2 Å². The molecular weight excluding hydrogens is 297 g/mol. The van der Waals surface area contributed by atoms with Crippen LogP contribution < -0.4 is 5.32 Å². The molecule has 4 nitrogen and oxygen atoms in total. The summed E-state index contributed by atoms with van der Waals surface area (Å²) in [7, 11) is 0. The zero-order valence-corrected chi connectivity index (χ0v) is 13.2. The Labute approximate surface area is 135 Å². The fourth-order valence-electron chi connectivity index (χ4n) is 2.49. The molecule has 1 aromatic carbocycles. The molecule has 124 valence electrons. The van der Waals surface area contributed by atoms with Crippen LogP contribution in [0.4, 0.5) is 4.39 Å². The van der Waals surface area contributed by atoms with E-state index in [1.165, 1.54) is 12.1 Å². The Morgan fingerprint density at radius 2 is 1.96 bits per heavy atom. The van der Waals surface area contributed by atoms with Crippen LogP contribution in [0.3, 0.4) is 0 Å². The number of benzene rings is 1. The zero-order valence-electron chi connectivity index (χ0n) is 13.2. The van der Waals surface area contributed by atoms with Crippen molar-refractivity contribution in [3.05, 3.63) is 48.0 Å². The summed E-state index contributed by atoms with van der Waals surface area (Å²) >= 11 is 0. The van der Waals surface area contributed by atoms with E-state index in [0.29, 0.717) is 18.7 Å². The summed E-state index contributed by atoms with van der Waals surface area (Å²) in [5.41, 5.74) is 0.717. The molecule has 2 rings (SSSR count). The fraction of sp³-hybridized carbons (Fsp3) is 0.389. The minimum absolute atomic E-state index is 0.121. The maximum atomic E-state index is 12.9. The Balaban J connectivity index is 1.96. The van der Waals surface area contributed by atoms with Gasteiger partial charge < -0.3 is 14.8 Å². The number of hydrogen-bond donors (Lipinski definition) is 2. The van der Waals surface area contributed by atoms with E-state index in [4.69, 9.17) is 9.52 Å². The highest BCUT2D eigenvalue weighted by atomic mass is 19.1. The van der Waals surface area contributed by atoms with E-state index in [0.717, 1.165) is 18.4 Å². The Morgan fingerprint density at radius 3 is 2.61 bits per heavy atom. The topological polar surface area (TPSA) is 62.5 Å². The van der Waals surface area contributed by atoms with Crippen molar-refractivity contribution in [3.8, 4) is 11.3 Å². The number of aliphatic hydroxyl groups is 1. The van der Waals surface area contributed by atoms with Crippen molar-refractivity contribution in [3.63, 3.8) is 0 Å². The van der Waals surface area contributed by atoms with Gasteiger partial charge in [-0.15, -0.1) is 0 Å². The number of carbonyl (C=O) groups excluding carboxylic acids is 1. The van der Waals surface area contributed by atoms with Gasteiger partial charge in [0, 0.05) is 18.7 Å². The van der Waals surface area contributed by atoms with Crippen molar-refractivity contribution in [1.82, 2.24) is 5.32 Å². The highest BCUT2D eigenvalue weighted by Crippen LogP contribution is 2.22. The Bertz CT molecular complexity index is 615. The lowest BCUT2D eigenvalue weighted by molar-refractivity contribution is 0.0916. The first kappa shape index (κ1) is 17.2. The van der Waals surface area contributed by atoms with E-state index in [9.17, 15) is 9.18 Å². The maximum absolute atomic E-state index is 12.9. The molecule has 1 atom stereocenters. The smallest absolute Gasteiger partial charge is 0.287 e. The molecule has 1 unspecified atom stereocenters. The van der Waals surface area contributed by atoms with Crippen molar-refractivity contribution >= 4 is 5.91 Å². The summed E-state index contributed by atoms with van der Waals surface area (Å²) < 4.78 is 18.5. The van der Waals surface area contributed by atoms with E-state index in [2.05, 4.69) is 12.2 Å². The summed E-state index contributed by atoms with van der Waals surface area (Å²) in [6.07, 6.45) is 2.64. The van der Waals surface area contributed by atoms with Crippen molar-refractivity contribution in [2.24, 2.45) is 5.92 Å². The summed E-state index contributed by atoms with van der Waals surface area (Å²) in [5, 5.41) is 11.9. The van der Waals surface area contributed by atoms with Crippen LogP contribution >= 0.6 is 0 Å². The highest BCUT2D eigenvalue weighted by Gasteiger charge is 2.14. The SMILES string of the molecule is CCCC(CCO)CNC(=O)c1ccc(-c2ccc(F)cc2)o1. The summed E-state index contributed by atoms with van der Waals surface area (Å²) in [6, 6.07) is 9.21. The van der Waals surface area contributed by atoms with Gasteiger partial charge in [-0.1, -0.05) is 13.3 Å². The predicted molar refractivity (Wildman–Crippen MR) is 86.5 cm³/mol. The van der Waals surface area contributed by atoms with Crippen LogP contribution in [0.15, 0.2) is 40.8 Å². The quantitative estimate of drug-likeness (QED) is 0.781. The molecule has 23 heavy (non-hydrogen) atoms. The van der Waals surface area contributed by atoms with Crippen LogP contribution in [0, 0.1) is 11.7 Å². The predicted octanol–water partition coefficient (Wildman–Crippen LogP) is 3.61. The van der Waals surface area contributed by atoms with Crippen LogP contribution in [0.2, 0.25) is 0 Å². The van der Waals surface area contributed by atoms with Crippen molar-refractivity contribution in [1.29, 1.82) is 0 Å². The number of amides is 1. The average molecular weight is 319 g/mol. The Hall–Kier alpha value is -2.14. The number of hydrogen-bond acceptors (Lipinski definition) is 3. The molecule has 0 fully saturated rings. The number of halogens is 1. The van der Waals surface area contributed by atoms with Gasteiger partial charge in [0.1, 0.15) is 11.6 Å². The standard InChI is InChI=1S/C18H22FNO3/c1-2-3-13(10-11-21)12-20-18(22)17-9-8-16(23-17)14-4-6-15(19)7-5-14/h4-9,13,21H,2-3,10-12H2,1H3,(H,20,22). The molecular formula is C18H22FNO3. The Kier molecular flexibility index (Phi) is 6.35. The molecule has 1 heterocycles. The molecule has 2 aromatic rings. The first-order valence-electron chi connectivity index (χ1n) is 7.89. The molecule has 0 bridgehead atoms.